The van der Waals surface area contributed by atoms with E-state index in [2.05, 4.69) is 11.8 Å². The third-order valence-corrected chi connectivity index (χ3v) is 2.96. The molecule has 16 heavy (non-hydrogen) atoms. The molecule has 1 heterocycles. The predicted molar refractivity (Wildman–Crippen MR) is 63.8 cm³/mol. The summed E-state index contributed by atoms with van der Waals surface area (Å²) in [6.45, 7) is 7.18. The fourth-order valence-electron chi connectivity index (χ4n) is 1.90. The Bertz CT molecular complexity index is 268. The number of nitrogens with zero attached hydrogens (tertiary/aromatic N) is 1. The molecule has 4 nitrogen and oxygen atoms in total. The molecule has 1 amide bonds. The van der Waals surface area contributed by atoms with Gasteiger partial charge < -0.3 is 15.4 Å². The van der Waals surface area contributed by atoms with Gasteiger partial charge in [0, 0.05) is 24.4 Å². The summed E-state index contributed by atoms with van der Waals surface area (Å²) in [4.78, 5) is 13.5. The SMILES string of the molecule is CCCCC(=C(C)C(N)=O)N1CCOCC1. The first-order chi connectivity index (χ1) is 7.66. The van der Waals surface area contributed by atoms with Crippen LogP contribution in [0.2, 0.25) is 0 Å². The number of amides is 1. The number of ether oxygens (including phenoxy) is 1. The fraction of sp³-hybridized carbons (Fsp3) is 0.750. The molecule has 1 aliphatic heterocycles. The molecular weight excluding hydrogens is 204 g/mol. The monoisotopic (exact) mass is 226 g/mol. The van der Waals surface area contributed by atoms with E-state index in [9.17, 15) is 4.79 Å². The lowest BCUT2D eigenvalue weighted by Crippen LogP contribution is -2.37. The lowest BCUT2D eigenvalue weighted by Gasteiger charge is -2.32. The van der Waals surface area contributed by atoms with Crippen molar-refractivity contribution in [3.05, 3.63) is 11.3 Å². The van der Waals surface area contributed by atoms with Gasteiger partial charge in [-0.25, -0.2) is 0 Å². The van der Waals surface area contributed by atoms with Gasteiger partial charge in [0.25, 0.3) is 0 Å². The minimum atomic E-state index is -0.308. The van der Waals surface area contributed by atoms with E-state index in [1.54, 1.807) is 0 Å². The normalized spacial score (nSPS) is 18.2. The number of hydrogen-bond acceptors (Lipinski definition) is 3. The molecule has 0 aromatic heterocycles. The number of morpholine rings is 1. The zero-order valence-corrected chi connectivity index (χ0v) is 10.3. The Morgan fingerprint density at radius 1 is 1.38 bits per heavy atom. The summed E-state index contributed by atoms with van der Waals surface area (Å²) in [5, 5.41) is 0. The van der Waals surface area contributed by atoms with Crippen molar-refractivity contribution in [2.45, 2.75) is 33.1 Å². The number of carbonyl (C=O) groups is 1. The van der Waals surface area contributed by atoms with Crippen molar-refractivity contribution in [2.24, 2.45) is 5.73 Å². The molecule has 0 saturated carbocycles. The molecule has 1 aliphatic rings. The molecule has 92 valence electrons. The summed E-state index contributed by atoms with van der Waals surface area (Å²) in [5.41, 5.74) is 7.17. The Kier molecular flexibility index (Phi) is 5.32. The number of hydrogen-bond donors (Lipinski definition) is 1. The minimum absolute atomic E-state index is 0.308. The van der Waals surface area contributed by atoms with E-state index in [0.29, 0.717) is 5.57 Å². The molecule has 4 heteroatoms. The van der Waals surface area contributed by atoms with Gasteiger partial charge in [-0.05, 0) is 19.8 Å². The molecule has 1 saturated heterocycles. The predicted octanol–water partition coefficient (Wildman–Crippen LogP) is 1.27. The number of nitrogens with two attached hydrogens (primary N) is 1. The first-order valence-corrected chi connectivity index (χ1v) is 5.99. The molecule has 0 aromatic carbocycles. The molecule has 2 N–H and O–H groups in total. The van der Waals surface area contributed by atoms with Gasteiger partial charge in [0.2, 0.25) is 5.91 Å². The maximum atomic E-state index is 11.3. The van der Waals surface area contributed by atoms with Gasteiger partial charge in [-0.1, -0.05) is 13.3 Å². The third kappa shape index (κ3) is 3.52. The smallest absolute Gasteiger partial charge is 0.246 e. The van der Waals surface area contributed by atoms with E-state index in [4.69, 9.17) is 10.5 Å². The molecule has 1 fully saturated rings. The Hall–Kier alpha value is -1.03. The van der Waals surface area contributed by atoms with Crippen molar-refractivity contribution in [1.29, 1.82) is 0 Å². The van der Waals surface area contributed by atoms with Gasteiger partial charge in [-0.2, -0.15) is 0 Å². The van der Waals surface area contributed by atoms with Gasteiger partial charge in [-0.3, -0.25) is 4.79 Å². The lowest BCUT2D eigenvalue weighted by molar-refractivity contribution is -0.114. The van der Waals surface area contributed by atoms with Crippen LogP contribution in [0.25, 0.3) is 0 Å². The lowest BCUT2D eigenvalue weighted by atomic mass is 10.1. The summed E-state index contributed by atoms with van der Waals surface area (Å²) in [6.07, 6.45) is 3.16. The summed E-state index contributed by atoms with van der Waals surface area (Å²) in [5.74, 6) is -0.308. The van der Waals surface area contributed by atoms with Gasteiger partial charge in [-0.15, -0.1) is 0 Å². The Labute approximate surface area is 97.4 Å². The van der Waals surface area contributed by atoms with Crippen LogP contribution in [-0.2, 0) is 9.53 Å². The first kappa shape index (κ1) is 13.0. The van der Waals surface area contributed by atoms with Gasteiger partial charge in [0.15, 0.2) is 0 Å². The molecule has 0 radical (unpaired) electrons. The minimum Gasteiger partial charge on any atom is -0.378 e. The molecule has 1 rings (SSSR count). The Balaban J connectivity index is 2.76. The Morgan fingerprint density at radius 3 is 2.50 bits per heavy atom. The van der Waals surface area contributed by atoms with Crippen LogP contribution in [0.5, 0.6) is 0 Å². The van der Waals surface area contributed by atoms with Crippen molar-refractivity contribution in [1.82, 2.24) is 4.90 Å². The van der Waals surface area contributed by atoms with Crippen molar-refractivity contribution in [3.63, 3.8) is 0 Å². The largest absolute Gasteiger partial charge is 0.378 e. The third-order valence-electron chi connectivity index (χ3n) is 2.96. The zero-order chi connectivity index (χ0) is 12.0. The average molecular weight is 226 g/mol. The molecule has 0 atom stereocenters. The van der Waals surface area contributed by atoms with Crippen LogP contribution < -0.4 is 5.73 Å². The highest BCUT2D eigenvalue weighted by molar-refractivity contribution is 5.92. The molecule has 0 bridgehead atoms. The summed E-state index contributed by atoms with van der Waals surface area (Å²) >= 11 is 0. The van der Waals surface area contributed by atoms with Crippen molar-refractivity contribution < 1.29 is 9.53 Å². The molecular formula is C12H22N2O2. The van der Waals surface area contributed by atoms with Crippen molar-refractivity contribution in [2.75, 3.05) is 26.3 Å². The van der Waals surface area contributed by atoms with Crippen LogP contribution in [0.15, 0.2) is 11.3 Å². The van der Waals surface area contributed by atoms with E-state index in [-0.39, 0.29) is 5.91 Å². The second-order valence-electron chi connectivity index (χ2n) is 4.14. The molecule has 0 unspecified atom stereocenters. The first-order valence-electron chi connectivity index (χ1n) is 5.99. The van der Waals surface area contributed by atoms with Crippen molar-refractivity contribution >= 4 is 5.91 Å². The van der Waals surface area contributed by atoms with Gasteiger partial charge in [0.05, 0.1) is 13.2 Å². The molecule has 0 spiro atoms. The zero-order valence-electron chi connectivity index (χ0n) is 10.3. The van der Waals surface area contributed by atoms with Crippen LogP contribution >= 0.6 is 0 Å². The van der Waals surface area contributed by atoms with E-state index in [1.807, 2.05) is 6.92 Å². The highest BCUT2D eigenvalue weighted by Crippen LogP contribution is 2.18. The summed E-state index contributed by atoms with van der Waals surface area (Å²) in [6, 6.07) is 0. The number of carbonyl (C=O) groups excluding carboxylic acids is 1. The highest BCUT2D eigenvalue weighted by atomic mass is 16.5. The van der Waals surface area contributed by atoms with E-state index >= 15 is 0 Å². The number of rotatable bonds is 5. The summed E-state index contributed by atoms with van der Waals surface area (Å²) in [7, 11) is 0. The maximum absolute atomic E-state index is 11.3. The molecule has 0 aliphatic carbocycles. The van der Waals surface area contributed by atoms with E-state index in [0.717, 1.165) is 51.3 Å². The van der Waals surface area contributed by atoms with Crippen LogP contribution in [0.3, 0.4) is 0 Å². The van der Waals surface area contributed by atoms with Crippen LogP contribution in [0.1, 0.15) is 33.1 Å². The second-order valence-corrected chi connectivity index (χ2v) is 4.14. The van der Waals surface area contributed by atoms with Crippen LogP contribution in [0, 0.1) is 0 Å². The second kappa shape index (κ2) is 6.53. The summed E-state index contributed by atoms with van der Waals surface area (Å²) < 4.78 is 5.31. The highest BCUT2D eigenvalue weighted by Gasteiger charge is 2.17. The maximum Gasteiger partial charge on any atom is 0.246 e. The van der Waals surface area contributed by atoms with Crippen molar-refractivity contribution in [3.8, 4) is 0 Å². The van der Waals surface area contributed by atoms with Crippen LogP contribution in [0.4, 0.5) is 0 Å². The van der Waals surface area contributed by atoms with E-state index in [1.165, 1.54) is 0 Å². The topological polar surface area (TPSA) is 55.6 Å². The number of primary amides is 1. The fourth-order valence-corrected chi connectivity index (χ4v) is 1.90. The van der Waals surface area contributed by atoms with E-state index < -0.39 is 0 Å². The standard InChI is InChI=1S/C12H22N2O2/c1-3-4-5-11(10(2)12(13)15)14-6-8-16-9-7-14/h3-9H2,1-2H3,(H2,13,15). The average Bonchev–Trinajstić information content (AvgIpc) is 2.30. The number of allylic oxidation sites excluding steroid dienone is 1. The molecule has 0 aromatic rings. The Morgan fingerprint density at radius 2 is 2.00 bits per heavy atom. The van der Waals surface area contributed by atoms with Crippen LogP contribution in [-0.4, -0.2) is 37.1 Å². The van der Waals surface area contributed by atoms with Gasteiger partial charge in [0.1, 0.15) is 0 Å². The quantitative estimate of drug-likeness (QED) is 0.718. The van der Waals surface area contributed by atoms with Gasteiger partial charge >= 0.3 is 0 Å². The number of unbranched alkanes of at least 4 members (excludes halogenated alkanes) is 1.